The number of benzene rings is 1. The van der Waals surface area contributed by atoms with Gasteiger partial charge in [0.25, 0.3) is 5.56 Å². The summed E-state index contributed by atoms with van der Waals surface area (Å²) >= 11 is 0. The number of aromatic nitrogens is 2. The molecule has 2 aromatic rings. The van der Waals surface area contributed by atoms with E-state index in [-0.39, 0.29) is 36.2 Å². The van der Waals surface area contributed by atoms with Gasteiger partial charge < -0.3 is 49.6 Å². The first kappa shape index (κ1) is 49.7. The summed E-state index contributed by atoms with van der Waals surface area (Å²) in [7, 11) is -5.36. The Balaban J connectivity index is 1.83. The Morgan fingerprint density at radius 1 is 0.881 bits per heavy atom. The Bertz CT molecular complexity index is 1830. The molecule has 19 heteroatoms. The van der Waals surface area contributed by atoms with Gasteiger partial charge in [-0.25, -0.2) is 9.59 Å². The van der Waals surface area contributed by atoms with E-state index >= 15 is 0 Å². The molecule has 332 valence electrons. The topological polar surface area (TPSA) is 240 Å². The van der Waals surface area contributed by atoms with Crippen LogP contribution in [0.4, 0.5) is 4.79 Å². The molecule has 1 aromatic heterocycles. The van der Waals surface area contributed by atoms with Crippen LogP contribution in [-0.2, 0) is 34.5 Å². The third-order valence-corrected chi connectivity index (χ3v) is 20.5. The highest BCUT2D eigenvalue weighted by Gasteiger charge is 2.57. The molecule has 0 saturated carbocycles. The highest BCUT2D eigenvalue weighted by Crippen LogP contribution is 2.46. The van der Waals surface area contributed by atoms with E-state index in [0.29, 0.717) is 0 Å². The first-order chi connectivity index (χ1) is 27.2. The molecule has 0 aliphatic carbocycles. The van der Waals surface area contributed by atoms with Crippen LogP contribution in [0.1, 0.15) is 73.6 Å². The van der Waals surface area contributed by atoms with Gasteiger partial charge in [-0.2, -0.15) is 0 Å². The number of hydrogen-bond donors (Lipinski definition) is 7. The van der Waals surface area contributed by atoms with E-state index in [4.69, 9.17) is 18.3 Å². The molecule has 1 aromatic carbocycles. The zero-order chi connectivity index (χ0) is 44.7. The van der Waals surface area contributed by atoms with E-state index in [0.717, 1.165) is 5.56 Å². The minimum Gasteiger partial charge on any atom is -0.480 e. The summed E-state index contributed by atoms with van der Waals surface area (Å²) in [4.78, 5) is 66.1. The van der Waals surface area contributed by atoms with Crippen molar-refractivity contribution in [3.05, 3.63) is 69.0 Å². The summed E-state index contributed by atoms with van der Waals surface area (Å²) in [6.07, 6.45) is -6.94. The number of aliphatic hydroxyl groups is 2. The molecule has 7 N–H and O–H groups in total. The second-order valence-electron chi connectivity index (χ2n) is 18.5. The van der Waals surface area contributed by atoms with Crippen molar-refractivity contribution in [1.29, 1.82) is 0 Å². The molecule has 2 heterocycles. The maximum Gasteiger partial charge on any atom is 0.408 e. The molecule has 2 amide bonds. The zero-order valence-corrected chi connectivity index (χ0v) is 38.5. The number of H-pyrrole nitrogens is 1. The predicted molar refractivity (Wildman–Crippen MR) is 227 cm³/mol. The minimum absolute atomic E-state index is 0.00539. The number of carboxylic acids is 1. The van der Waals surface area contributed by atoms with Crippen LogP contribution in [0.2, 0.25) is 36.3 Å². The Morgan fingerprint density at radius 2 is 1.46 bits per heavy atom. The van der Waals surface area contributed by atoms with Gasteiger partial charge in [0, 0.05) is 18.8 Å². The lowest BCUT2D eigenvalue weighted by Gasteiger charge is -2.44. The molecular weight excluding hydrogens is 799 g/mol. The van der Waals surface area contributed by atoms with Crippen molar-refractivity contribution in [2.75, 3.05) is 13.1 Å². The Labute approximate surface area is 348 Å². The number of alkyl carbamates (subject to hydrolysis) is 1. The van der Waals surface area contributed by atoms with Crippen LogP contribution in [-0.4, -0.2) is 115 Å². The van der Waals surface area contributed by atoms with Gasteiger partial charge in [-0.05, 0) is 60.7 Å². The first-order valence-corrected chi connectivity index (χ1v) is 25.9. The van der Waals surface area contributed by atoms with Gasteiger partial charge in [0.2, 0.25) is 5.91 Å². The van der Waals surface area contributed by atoms with E-state index in [1.54, 1.807) is 38.1 Å². The van der Waals surface area contributed by atoms with Gasteiger partial charge in [0.05, 0.1) is 6.10 Å². The summed E-state index contributed by atoms with van der Waals surface area (Å²) in [5, 5.41) is 40.5. The van der Waals surface area contributed by atoms with Crippen LogP contribution in [0.5, 0.6) is 0 Å². The smallest absolute Gasteiger partial charge is 0.408 e. The molecule has 3 rings (SSSR count). The fourth-order valence-corrected chi connectivity index (χ4v) is 8.47. The lowest BCUT2D eigenvalue weighted by molar-refractivity contribution is -0.149. The second-order valence-corrected chi connectivity index (χ2v) is 28.0. The molecule has 1 aliphatic heterocycles. The summed E-state index contributed by atoms with van der Waals surface area (Å²) in [6.45, 7) is 23.7. The van der Waals surface area contributed by atoms with Crippen LogP contribution in [0.15, 0.2) is 52.2 Å². The summed E-state index contributed by atoms with van der Waals surface area (Å²) in [5.41, 5.74) is -0.649. The van der Waals surface area contributed by atoms with Crippen molar-refractivity contribution >= 4 is 34.6 Å². The summed E-state index contributed by atoms with van der Waals surface area (Å²) in [6, 6.07) is 7.21. The number of amides is 2. The average Bonchev–Trinajstić information content (AvgIpc) is 3.45. The molecular formula is C40H67N5O12Si2. The predicted octanol–water partition coefficient (Wildman–Crippen LogP) is 3.44. The SMILES string of the molecule is CC(C)C(O)[C@@H](NC(=O)OCc1ccccc1)C(=O)NCCCN[C@H](C(=O)O)[C@@H](O)C1O[C@@H](n2ccc(=O)[nH]c2=O)[C@H](O[Si](C)(C)C(C)(C)C)[C@@H]1O[Si](C)(C)C(C)(C)C. The Morgan fingerprint density at radius 3 is 1.98 bits per heavy atom. The summed E-state index contributed by atoms with van der Waals surface area (Å²) < 4.78 is 26.8. The van der Waals surface area contributed by atoms with Crippen LogP contribution in [0, 0.1) is 5.92 Å². The lowest BCUT2D eigenvalue weighted by Crippen LogP contribution is -2.59. The maximum atomic E-state index is 13.2. The van der Waals surface area contributed by atoms with Gasteiger partial charge in [0.1, 0.15) is 43.1 Å². The standard InChI is InChI=1S/C40H67N5O12Si2/c1-24(2)29(47)27(44-38(53)54-23-25-17-14-13-15-18-25)34(49)42-21-16-20-41-28(36(50)51)30(48)31-32(56-58(9,10)39(3,4)5)33(57-59(11,12)40(6,7)8)35(55-31)45-22-19-26(46)43-37(45)52/h13-15,17-19,22,24,27-33,35,41,47-48H,16,20-21,23H2,1-12H3,(H,42,49)(H,44,53)(H,50,51)(H,43,46,52)/t27-,28+,29?,30-,31?,32-,33-,35-/m1/s1. The van der Waals surface area contributed by atoms with Crippen LogP contribution in [0.3, 0.4) is 0 Å². The number of aliphatic carboxylic acids is 1. The zero-order valence-electron chi connectivity index (χ0n) is 36.5. The van der Waals surface area contributed by atoms with E-state index in [2.05, 4.69) is 20.9 Å². The number of hydrogen-bond acceptors (Lipinski definition) is 12. The largest absolute Gasteiger partial charge is 0.480 e. The van der Waals surface area contributed by atoms with Gasteiger partial charge >= 0.3 is 17.8 Å². The van der Waals surface area contributed by atoms with Crippen LogP contribution >= 0.6 is 0 Å². The molecule has 17 nitrogen and oxygen atoms in total. The second kappa shape index (κ2) is 20.2. The number of nitrogens with zero attached hydrogens (tertiary/aromatic N) is 1. The Kier molecular flexibility index (Phi) is 17.0. The normalized spacial score (nSPS) is 21.1. The molecule has 2 unspecified atom stereocenters. The fourth-order valence-electron chi connectivity index (χ4n) is 5.88. The van der Waals surface area contributed by atoms with Gasteiger partial charge in [-0.3, -0.25) is 23.9 Å². The Hall–Kier alpha value is -3.70. The maximum absolute atomic E-state index is 13.2. The fraction of sp³-hybridized carbons (Fsp3) is 0.675. The number of nitrogens with one attached hydrogen (secondary N) is 4. The van der Waals surface area contributed by atoms with E-state index in [1.165, 1.54) is 16.8 Å². The molecule has 59 heavy (non-hydrogen) atoms. The third kappa shape index (κ3) is 13.1. The molecule has 0 spiro atoms. The van der Waals surface area contributed by atoms with Gasteiger partial charge in [0.15, 0.2) is 22.9 Å². The molecule has 1 aliphatic rings. The van der Waals surface area contributed by atoms with Crippen LogP contribution < -0.4 is 27.2 Å². The van der Waals surface area contributed by atoms with Crippen molar-refractivity contribution in [2.45, 2.75) is 154 Å². The van der Waals surface area contributed by atoms with Crippen molar-refractivity contribution in [3.63, 3.8) is 0 Å². The monoisotopic (exact) mass is 865 g/mol. The molecule has 1 saturated heterocycles. The number of ether oxygens (including phenoxy) is 2. The van der Waals surface area contributed by atoms with E-state index in [9.17, 15) is 39.3 Å². The number of aliphatic hydroxyl groups excluding tert-OH is 2. The molecule has 0 bridgehead atoms. The van der Waals surface area contributed by atoms with E-state index in [1.807, 2.05) is 73.8 Å². The highest BCUT2D eigenvalue weighted by atomic mass is 28.4. The third-order valence-electron chi connectivity index (χ3n) is 11.6. The number of carboxylic acid groups (broad SMARTS) is 1. The minimum atomic E-state index is -2.70. The average molecular weight is 866 g/mol. The van der Waals surface area contributed by atoms with Crippen molar-refractivity contribution < 1.29 is 48.0 Å². The van der Waals surface area contributed by atoms with Gasteiger partial charge in [-0.1, -0.05) is 85.7 Å². The van der Waals surface area contributed by atoms with E-state index < -0.39 is 101 Å². The highest BCUT2D eigenvalue weighted by molar-refractivity contribution is 6.74. The first-order valence-electron chi connectivity index (χ1n) is 20.1. The number of rotatable bonds is 19. The van der Waals surface area contributed by atoms with Crippen molar-refractivity contribution in [2.24, 2.45) is 5.92 Å². The molecule has 1 fully saturated rings. The molecule has 0 radical (unpaired) electrons. The quantitative estimate of drug-likeness (QED) is 0.0793. The molecule has 8 atom stereocenters. The lowest BCUT2D eigenvalue weighted by atomic mass is 9.99. The number of carbonyl (C=O) groups excluding carboxylic acids is 2. The van der Waals surface area contributed by atoms with Crippen molar-refractivity contribution in [1.82, 2.24) is 25.5 Å². The number of aromatic amines is 1. The van der Waals surface area contributed by atoms with Crippen LogP contribution in [0.25, 0.3) is 0 Å². The van der Waals surface area contributed by atoms with Gasteiger partial charge in [-0.15, -0.1) is 0 Å². The number of carbonyl (C=O) groups is 3. The summed E-state index contributed by atoms with van der Waals surface area (Å²) in [5.74, 6) is -2.45. The van der Waals surface area contributed by atoms with Crippen molar-refractivity contribution in [3.8, 4) is 0 Å².